The van der Waals surface area contributed by atoms with Crippen LogP contribution in [0.2, 0.25) is 0 Å². The van der Waals surface area contributed by atoms with Gasteiger partial charge in [0, 0.05) is 6.42 Å². The Labute approximate surface area is 179 Å². The summed E-state index contributed by atoms with van der Waals surface area (Å²) < 4.78 is 39.3. The standard InChI is InChI=1S/C24H42O4S/c1-4-7-9-11-13-17-21-19-15-20-22(18-14-12-10-8-5-2)24(21)28-23(16-6-3)29(25,26)27/h15,19-20,23H,4-14,16-18H2,1-3H3,(H,25,26,27). The highest BCUT2D eigenvalue weighted by atomic mass is 32.2. The number of hydrogen-bond acceptors (Lipinski definition) is 3. The van der Waals surface area contributed by atoms with E-state index in [-0.39, 0.29) is 0 Å². The Hall–Kier alpha value is -1.07. The number of para-hydroxylation sites is 1. The molecule has 0 saturated heterocycles. The molecule has 0 aromatic heterocycles. The van der Waals surface area contributed by atoms with Crippen molar-refractivity contribution >= 4 is 10.1 Å². The molecule has 1 aromatic rings. The molecule has 0 aliphatic heterocycles. The molecule has 0 saturated carbocycles. The summed E-state index contributed by atoms with van der Waals surface area (Å²) in [5.74, 6) is 0.689. The third kappa shape index (κ3) is 10.5. The molecule has 0 aliphatic carbocycles. The SMILES string of the molecule is CCCCCCCc1cccc(CCCCCCC)c1OC(CCC)S(=O)(=O)O. The van der Waals surface area contributed by atoms with E-state index in [2.05, 4.69) is 19.9 Å². The van der Waals surface area contributed by atoms with Crippen LogP contribution in [0.25, 0.3) is 0 Å². The van der Waals surface area contributed by atoms with Crippen LogP contribution in [0.3, 0.4) is 0 Å². The third-order valence-electron chi connectivity index (χ3n) is 5.38. The molecule has 0 heterocycles. The van der Waals surface area contributed by atoms with Crippen LogP contribution in [0, 0.1) is 0 Å². The lowest BCUT2D eigenvalue weighted by Gasteiger charge is -2.21. The van der Waals surface area contributed by atoms with E-state index in [1.807, 2.05) is 19.1 Å². The molecule has 0 aliphatic rings. The van der Waals surface area contributed by atoms with Gasteiger partial charge in [0.25, 0.3) is 0 Å². The Morgan fingerprint density at radius 2 is 1.28 bits per heavy atom. The largest absolute Gasteiger partial charge is 0.471 e. The molecule has 1 N–H and O–H groups in total. The maximum absolute atomic E-state index is 11.8. The zero-order valence-electron chi connectivity index (χ0n) is 18.8. The van der Waals surface area contributed by atoms with E-state index < -0.39 is 15.6 Å². The van der Waals surface area contributed by atoms with Gasteiger partial charge in [-0.05, 0) is 36.8 Å². The Bertz CT molecular complexity index is 623. The van der Waals surface area contributed by atoms with Crippen molar-refractivity contribution in [2.45, 2.75) is 116 Å². The van der Waals surface area contributed by atoms with Gasteiger partial charge in [0.15, 0.2) is 0 Å². The van der Waals surface area contributed by atoms with Crippen LogP contribution in [-0.2, 0) is 23.0 Å². The fourth-order valence-corrected chi connectivity index (χ4v) is 4.41. The molecule has 1 atom stereocenters. The summed E-state index contributed by atoms with van der Waals surface area (Å²) in [6, 6.07) is 6.14. The predicted molar refractivity (Wildman–Crippen MR) is 122 cm³/mol. The summed E-state index contributed by atoms with van der Waals surface area (Å²) in [4.78, 5) is 0. The first-order chi connectivity index (χ1) is 13.9. The second-order valence-corrected chi connectivity index (χ2v) is 9.64. The molecule has 0 fully saturated rings. The topological polar surface area (TPSA) is 63.6 Å². The van der Waals surface area contributed by atoms with Gasteiger partial charge in [-0.15, -0.1) is 0 Å². The van der Waals surface area contributed by atoms with Gasteiger partial charge >= 0.3 is 10.1 Å². The Morgan fingerprint density at radius 3 is 1.69 bits per heavy atom. The zero-order valence-corrected chi connectivity index (χ0v) is 19.6. The minimum Gasteiger partial charge on any atom is -0.471 e. The zero-order chi connectivity index (χ0) is 21.5. The second-order valence-electron chi connectivity index (χ2n) is 8.08. The minimum absolute atomic E-state index is 0.291. The summed E-state index contributed by atoms with van der Waals surface area (Å²) in [5, 5.41) is 0. The van der Waals surface area contributed by atoms with Crippen molar-refractivity contribution in [3.63, 3.8) is 0 Å². The van der Waals surface area contributed by atoms with Gasteiger partial charge in [0.2, 0.25) is 5.44 Å². The van der Waals surface area contributed by atoms with Crippen LogP contribution < -0.4 is 4.74 Å². The van der Waals surface area contributed by atoms with E-state index in [0.29, 0.717) is 18.6 Å². The Morgan fingerprint density at radius 1 is 0.793 bits per heavy atom. The molecular formula is C24H42O4S. The van der Waals surface area contributed by atoms with Crippen molar-refractivity contribution in [3.8, 4) is 5.75 Å². The summed E-state index contributed by atoms with van der Waals surface area (Å²) in [5.41, 5.74) is 0.946. The maximum Gasteiger partial charge on any atom is 0.303 e. The van der Waals surface area contributed by atoms with Crippen LogP contribution in [-0.4, -0.2) is 18.4 Å². The first-order valence-electron chi connectivity index (χ1n) is 11.7. The van der Waals surface area contributed by atoms with Crippen LogP contribution >= 0.6 is 0 Å². The van der Waals surface area contributed by atoms with Crippen molar-refractivity contribution in [1.82, 2.24) is 0 Å². The first-order valence-corrected chi connectivity index (χ1v) is 13.2. The maximum atomic E-state index is 11.8. The van der Waals surface area contributed by atoms with Crippen molar-refractivity contribution in [1.29, 1.82) is 0 Å². The number of rotatable bonds is 17. The molecule has 1 unspecified atom stereocenters. The quantitative estimate of drug-likeness (QED) is 0.213. The molecule has 1 aromatic carbocycles. The number of ether oxygens (including phenoxy) is 1. The van der Waals surface area contributed by atoms with E-state index in [4.69, 9.17) is 4.74 Å². The van der Waals surface area contributed by atoms with E-state index >= 15 is 0 Å². The fraction of sp³-hybridized carbons (Fsp3) is 0.750. The smallest absolute Gasteiger partial charge is 0.303 e. The first kappa shape index (κ1) is 26.0. The fourth-order valence-electron chi connectivity index (χ4n) is 3.66. The molecule has 1 rings (SSSR count). The summed E-state index contributed by atoms with van der Waals surface area (Å²) >= 11 is 0. The Kier molecular flexibility index (Phi) is 13.3. The molecule has 0 amide bonds. The minimum atomic E-state index is -4.25. The van der Waals surface area contributed by atoms with Crippen LogP contribution in [0.5, 0.6) is 5.75 Å². The number of aryl methyl sites for hydroxylation is 2. The van der Waals surface area contributed by atoms with Crippen LogP contribution in [0.4, 0.5) is 0 Å². The highest BCUT2D eigenvalue weighted by Crippen LogP contribution is 2.30. The average molecular weight is 427 g/mol. The highest BCUT2D eigenvalue weighted by molar-refractivity contribution is 7.86. The molecule has 0 bridgehead atoms. The van der Waals surface area contributed by atoms with Crippen molar-refractivity contribution < 1.29 is 17.7 Å². The van der Waals surface area contributed by atoms with Crippen LogP contribution in [0.15, 0.2) is 18.2 Å². The molecular weight excluding hydrogens is 384 g/mol. The van der Waals surface area contributed by atoms with Gasteiger partial charge in [-0.1, -0.05) is 96.8 Å². The number of unbranched alkanes of at least 4 members (excludes halogenated alkanes) is 8. The van der Waals surface area contributed by atoms with E-state index in [9.17, 15) is 13.0 Å². The van der Waals surface area contributed by atoms with Gasteiger partial charge in [-0.2, -0.15) is 8.42 Å². The number of hydrogen-bond donors (Lipinski definition) is 1. The summed E-state index contributed by atoms with van der Waals surface area (Å²) in [6.07, 6.45) is 14.6. The molecule has 4 nitrogen and oxygen atoms in total. The van der Waals surface area contributed by atoms with Crippen molar-refractivity contribution in [3.05, 3.63) is 29.3 Å². The van der Waals surface area contributed by atoms with Crippen LogP contribution in [0.1, 0.15) is 109 Å². The van der Waals surface area contributed by atoms with E-state index in [1.54, 1.807) is 0 Å². The predicted octanol–water partition coefficient (Wildman–Crippen LogP) is 7.11. The lowest BCUT2D eigenvalue weighted by molar-refractivity contribution is 0.241. The molecule has 29 heavy (non-hydrogen) atoms. The molecule has 5 heteroatoms. The summed E-state index contributed by atoms with van der Waals surface area (Å²) in [7, 11) is -4.25. The van der Waals surface area contributed by atoms with Gasteiger partial charge in [-0.25, -0.2) is 0 Å². The molecule has 0 radical (unpaired) electrons. The van der Waals surface area contributed by atoms with Crippen molar-refractivity contribution in [2.75, 3.05) is 0 Å². The second kappa shape index (κ2) is 14.8. The molecule has 168 valence electrons. The number of benzene rings is 1. The highest BCUT2D eigenvalue weighted by Gasteiger charge is 2.26. The monoisotopic (exact) mass is 426 g/mol. The van der Waals surface area contributed by atoms with E-state index in [1.165, 1.54) is 51.4 Å². The van der Waals surface area contributed by atoms with Gasteiger partial charge in [-0.3, -0.25) is 4.55 Å². The normalized spacial score (nSPS) is 12.8. The lowest BCUT2D eigenvalue weighted by Crippen LogP contribution is -2.27. The average Bonchev–Trinajstić information content (AvgIpc) is 2.68. The molecule has 0 spiro atoms. The Balaban J connectivity index is 2.95. The third-order valence-corrected chi connectivity index (χ3v) is 6.38. The van der Waals surface area contributed by atoms with Crippen molar-refractivity contribution in [2.24, 2.45) is 0 Å². The van der Waals surface area contributed by atoms with Gasteiger partial charge in [0.1, 0.15) is 5.75 Å². The van der Waals surface area contributed by atoms with Gasteiger partial charge < -0.3 is 4.74 Å². The van der Waals surface area contributed by atoms with E-state index in [0.717, 1.165) is 36.8 Å². The van der Waals surface area contributed by atoms with Gasteiger partial charge in [0.05, 0.1) is 0 Å². The lowest BCUT2D eigenvalue weighted by atomic mass is 9.98. The summed E-state index contributed by atoms with van der Waals surface area (Å²) in [6.45, 7) is 6.31.